The molecule has 0 bridgehead atoms. The van der Waals surface area contributed by atoms with Gasteiger partial charge in [-0.2, -0.15) is 0 Å². The van der Waals surface area contributed by atoms with Crippen LogP contribution in [-0.4, -0.2) is 53.1 Å². The fourth-order valence-corrected chi connectivity index (χ4v) is 4.42. The number of amides is 1. The van der Waals surface area contributed by atoms with E-state index in [1.54, 1.807) is 0 Å². The molecule has 3 aliphatic heterocycles. The topological polar surface area (TPSA) is 35.6 Å². The zero-order valence-corrected chi connectivity index (χ0v) is 13.0. The van der Waals surface area contributed by atoms with Crippen molar-refractivity contribution in [1.29, 1.82) is 0 Å². The zero-order valence-electron chi connectivity index (χ0n) is 13.0. The lowest BCUT2D eigenvalue weighted by Gasteiger charge is -2.33. The molecule has 0 aromatic heterocycles. The van der Waals surface area contributed by atoms with Crippen molar-refractivity contribution in [3.63, 3.8) is 0 Å². The minimum atomic E-state index is 0.0790. The lowest BCUT2D eigenvalue weighted by Crippen LogP contribution is -2.49. The van der Waals surface area contributed by atoms with E-state index in [1.807, 2.05) is 0 Å². The van der Waals surface area contributed by atoms with Crippen molar-refractivity contribution in [2.45, 2.75) is 83.1 Å². The maximum atomic E-state index is 12.8. The molecule has 0 aliphatic carbocycles. The Morgan fingerprint density at radius 2 is 2.05 bits per heavy atom. The van der Waals surface area contributed by atoms with Crippen LogP contribution in [0.3, 0.4) is 0 Å². The number of carbonyl (C=O) groups is 1. The van der Waals surface area contributed by atoms with Crippen LogP contribution >= 0.6 is 0 Å². The smallest absolute Gasteiger partial charge is 0.241 e. The van der Waals surface area contributed by atoms with Gasteiger partial charge in [-0.05, 0) is 38.6 Å². The van der Waals surface area contributed by atoms with Gasteiger partial charge in [-0.25, -0.2) is 0 Å². The van der Waals surface area contributed by atoms with Gasteiger partial charge in [-0.3, -0.25) is 15.0 Å². The Morgan fingerprint density at radius 3 is 2.80 bits per heavy atom. The summed E-state index contributed by atoms with van der Waals surface area (Å²) in [6.45, 7) is 6.82. The highest BCUT2D eigenvalue weighted by Gasteiger charge is 2.48. The minimum absolute atomic E-state index is 0.0790. The molecule has 3 saturated heterocycles. The van der Waals surface area contributed by atoms with E-state index in [2.05, 4.69) is 29.0 Å². The fourth-order valence-electron chi connectivity index (χ4n) is 4.42. The number of nitrogens with one attached hydrogen (secondary N) is 1. The van der Waals surface area contributed by atoms with Crippen LogP contribution in [0.25, 0.3) is 0 Å². The number of fused-ring (bicyclic) bond motifs is 1. The normalized spacial score (nSPS) is 37.9. The highest BCUT2D eigenvalue weighted by Crippen LogP contribution is 2.34. The molecule has 1 N–H and O–H groups in total. The van der Waals surface area contributed by atoms with Crippen LogP contribution in [0.5, 0.6) is 0 Å². The molecule has 0 aromatic rings. The van der Waals surface area contributed by atoms with Crippen LogP contribution in [0.15, 0.2) is 0 Å². The molecule has 1 amide bonds. The summed E-state index contributed by atoms with van der Waals surface area (Å²) in [6.07, 6.45) is 8.39. The first-order chi connectivity index (χ1) is 9.76. The third-order valence-corrected chi connectivity index (χ3v) is 5.44. The van der Waals surface area contributed by atoms with E-state index in [9.17, 15) is 4.79 Å². The molecule has 0 radical (unpaired) electrons. The highest BCUT2D eigenvalue weighted by atomic mass is 16.2. The van der Waals surface area contributed by atoms with Gasteiger partial charge in [0, 0.05) is 12.6 Å². The number of carbonyl (C=O) groups excluding carboxylic acids is 1. The summed E-state index contributed by atoms with van der Waals surface area (Å²) in [7, 11) is 0. The predicted molar refractivity (Wildman–Crippen MR) is 80.4 cm³/mol. The average Bonchev–Trinajstić information content (AvgIpc) is 3.11. The van der Waals surface area contributed by atoms with Gasteiger partial charge < -0.3 is 4.90 Å². The first-order valence-electron chi connectivity index (χ1n) is 8.58. The highest BCUT2D eigenvalue weighted by molar-refractivity contribution is 5.84. The molecule has 4 heteroatoms. The van der Waals surface area contributed by atoms with Gasteiger partial charge in [0.15, 0.2) is 0 Å². The first kappa shape index (κ1) is 14.3. The van der Waals surface area contributed by atoms with Crippen LogP contribution < -0.4 is 5.32 Å². The Bertz CT molecular complexity index is 360. The number of hydrogen-bond donors (Lipinski definition) is 1. The van der Waals surface area contributed by atoms with Gasteiger partial charge in [0.2, 0.25) is 5.91 Å². The Morgan fingerprint density at radius 1 is 1.20 bits per heavy atom. The van der Waals surface area contributed by atoms with Crippen molar-refractivity contribution in [1.82, 2.24) is 15.1 Å². The summed E-state index contributed by atoms with van der Waals surface area (Å²) in [6, 6.07) is 1.18. The van der Waals surface area contributed by atoms with E-state index >= 15 is 0 Å². The molecular formula is C16H29N3O. The molecular weight excluding hydrogens is 250 g/mol. The van der Waals surface area contributed by atoms with E-state index in [-0.39, 0.29) is 12.2 Å². The van der Waals surface area contributed by atoms with E-state index in [4.69, 9.17) is 0 Å². The first-order valence-corrected chi connectivity index (χ1v) is 8.58. The van der Waals surface area contributed by atoms with Gasteiger partial charge in [0.1, 0.15) is 0 Å². The summed E-state index contributed by atoms with van der Waals surface area (Å²) < 4.78 is 0. The molecule has 3 rings (SSSR count). The number of rotatable bonds is 5. The van der Waals surface area contributed by atoms with Crippen molar-refractivity contribution in [2.24, 2.45) is 0 Å². The van der Waals surface area contributed by atoms with Gasteiger partial charge in [-0.1, -0.05) is 26.7 Å². The molecule has 3 heterocycles. The molecule has 0 spiro atoms. The standard InChI is InChI=1S/C16H29N3O/c1-3-5-7-12-16(20)19(15(4-2)17-12)14-9-11-18-10-6-8-13(14)18/h12-15,17H,3-11H2,1-2H3. The maximum absolute atomic E-state index is 12.8. The summed E-state index contributed by atoms with van der Waals surface area (Å²) >= 11 is 0. The molecule has 20 heavy (non-hydrogen) atoms. The lowest BCUT2D eigenvalue weighted by atomic mass is 10.0. The van der Waals surface area contributed by atoms with Crippen molar-refractivity contribution in [3.05, 3.63) is 0 Å². The van der Waals surface area contributed by atoms with Gasteiger partial charge in [-0.15, -0.1) is 0 Å². The van der Waals surface area contributed by atoms with Crippen LogP contribution in [0.4, 0.5) is 0 Å². The number of unbranched alkanes of at least 4 members (excludes halogenated alkanes) is 1. The summed E-state index contributed by atoms with van der Waals surface area (Å²) in [4.78, 5) is 17.6. The molecule has 0 saturated carbocycles. The summed E-state index contributed by atoms with van der Waals surface area (Å²) in [5.74, 6) is 0.379. The maximum Gasteiger partial charge on any atom is 0.241 e. The second-order valence-corrected chi connectivity index (χ2v) is 6.63. The lowest BCUT2D eigenvalue weighted by molar-refractivity contribution is -0.132. The van der Waals surface area contributed by atoms with Crippen molar-refractivity contribution in [2.75, 3.05) is 13.1 Å². The predicted octanol–water partition coefficient (Wildman–Crippen LogP) is 1.95. The van der Waals surface area contributed by atoms with Crippen molar-refractivity contribution in [3.8, 4) is 0 Å². The number of nitrogens with zero attached hydrogens (tertiary/aromatic N) is 2. The second-order valence-electron chi connectivity index (χ2n) is 6.63. The molecule has 4 atom stereocenters. The Balaban J connectivity index is 1.72. The molecule has 114 valence electrons. The Kier molecular flexibility index (Phi) is 4.32. The quantitative estimate of drug-likeness (QED) is 0.835. The molecule has 3 aliphatic rings. The van der Waals surface area contributed by atoms with Gasteiger partial charge in [0.05, 0.1) is 18.2 Å². The van der Waals surface area contributed by atoms with E-state index < -0.39 is 0 Å². The molecule has 0 aromatic carbocycles. The zero-order chi connectivity index (χ0) is 14.1. The fraction of sp³-hybridized carbons (Fsp3) is 0.938. The van der Waals surface area contributed by atoms with E-state index in [1.165, 1.54) is 38.8 Å². The molecule has 4 unspecified atom stereocenters. The monoisotopic (exact) mass is 279 g/mol. The van der Waals surface area contributed by atoms with Gasteiger partial charge >= 0.3 is 0 Å². The largest absolute Gasteiger partial charge is 0.321 e. The Hall–Kier alpha value is -0.610. The van der Waals surface area contributed by atoms with Crippen LogP contribution in [-0.2, 0) is 4.79 Å². The summed E-state index contributed by atoms with van der Waals surface area (Å²) in [5, 5.41) is 3.59. The number of hydrogen-bond acceptors (Lipinski definition) is 3. The summed E-state index contributed by atoms with van der Waals surface area (Å²) in [5.41, 5.74) is 0. The minimum Gasteiger partial charge on any atom is -0.321 e. The van der Waals surface area contributed by atoms with Crippen molar-refractivity contribution < 1.29 is 4.79 Å². The van der Waals surface area contributed by atoms with Crippen LogP contribution in [0.2, 0.25) is 0 Å². The van der Waals surface area contributed by atoms with Crippen LogP contribution in [0.1, 0.15) is 58.8 Å². The third kappa shape index (κ3) is 2.37. The van der Waals surface area contributed by atoms with Crippen LogP contribution in [0, 0.1) is 0 Å². The SMILES string of the molecule is CCCCC1NC(CC)N(C2CCN3CCCC23)C1=O. The molecule has 3 fully saturated rings. The van der Waals surface area contributed by atoms with E-state index in [0.717, 1.165) is 19.3 Å². The molecule has 4 nitrogen and oxygen atoms in total. The van der Waals surface area contributed by atoms with Crippen molar-refractivity contribution >= 4 is 5.91 Å². The van der Waals surface area contributed by atoms with Gasteiger partial charge in [0.25, 0.3) is 0 Å². The second kappa shape index (κ2) is 6.02. The van der Waals surface area contributed by atoms with E-state index in [0.29, 0.717) is 18.0 Å². The Labute approximate surface area is 122 Å². The third-order valence-electron chi connectivity index (χ3n) is 5.44. The average molecular weight is 279 g/mol.